The minimum atomic E-state index is 0.0366. The number of rotatable bonds is 8. The maximum atomic E-state index is 8.83. The summed E-state index contributed by atoms with van der Waals surface area (Å²) in [5.41, 5.74) is 2.14. The molecule has 0 spiro atoms. The van der Waals surface area contributed by atoms with Crippen LogP contribution in [-0.4, -0.2) is 36.4 Å². The van der Waals surface area contributed by atoms with E-state index < -0.39 is 0 Å². The Morgan fingerprint density at radius 1 is 1.24 bits per heavy atom. The normalized spacial score (nSPS) is 18.7. The van der Waals surface area contributed by atoms with Gasteiger partial charge in [-0.05, 0) is 62.4 Å². The van der Waals surface area contributed by atoms with Crippen LogP contribution in [0, 0.1) is 17.3 Å². The van der Waals surface area contributed by atoms with Crippen LogP contribution in [0.2, 0.25) is 5.02 Å². The number of nitrogens with one attached hydrogen (secondary N) is 1. The van der Waals surface area contributed by atoms with Crippen LogP contribution < -0.4 is 10.1 Å². The van der Waals surface area contributed by atoms with Crippen LogP contribution in [0.3, 0.4) is 0 Å². The molecule has 2 heterocycles. The summed E-state index contributed by atoms with van der Waals surface area (Å²) in [6.07, 6.45) is 9.17. The molecule has 3 rings (SSSR count). The van der Waals surface area contributed by atoms with Crippen molar-refractivity contribution in [1.82, 2.24) is 10.3 Å². The molecule has 29 heavy (non-hydrogen) atoms. The van der Waals surface area contributed by atoms with Gasteiger partial charge in [-0.15, -0.1) is 0 Å². The van der Waals surface area contributed by atoms with Crippen molar-refractivity contribution in [3.63, 3.8) is 0 Å². The van der Waals surface area contributed by atoms with Crippen molar-refractivity contribution >= 4 is 11.6 Å². The van der Waals surface area contributed by atoms with Crippen molar-refractivity contribution in [1.29, 1.82) is 0 Å². The van der Waals surface area contributed by atoms with Crippen LogP contribution in [0.1, 0.15) is 43.2 Å². The molecule has 1 fully saturated rings. The SMILES string of the molecule is OCCCCC#Cc1cncc(OCC2(Cc3cccc(Cl)c3)CCCNC2)c1. The number of pyridine rings is 1. The Hall–Kier alpha value is -2.06. The maximum Gasteiger partial charge on any atom is 0.138 e. The number of ether oxygens (including phenoxy) is 1. The van der Waals surface area contributed by atoms with Gasteiger partial charge in [-0.2, -0.15) is 0 Å². The quantitative estimate of drug-likeness (QED) is 0.503. The number of unbranched alkanes of at least 4 members (excludes halogenated alkanes) is 2. The molecule has 0 amide bonds. The highest BCUT2D eigenvalue weighted by atomic mass is 35.5. The number of nitrogens with zero attached hydrogens (tertiary/aromatic N) is 1. The van der Waals surface area contributed by atoms with Crippen LogP contribution in [-0.2, 0) is 6.42 Å². The van der Waals surface area contributed by atoms with E-state index in [1.807, 2.05) is 24.3 Å². The monoisotopic (exact) mass is 412 g/mol. The first-order valence-corrected chi connectivity index (χ1v) is 10.7. The van der Waals surface area contributed by atoms with Crippen molar-refractivity contribution in [3.8, 4) is 17.6 Å². The molecule has 0 saturated carbocycles. The molecule has 154 valence electrons. The minimum Gasteiger partial charge on any atom is -0.491 e. The lowest BCUT2D eigenvalue weighted by Crippen LogP contribution is -2.45. The van der Waals surface area contributed by atoms with Gasteiger partial charge in [-0.3, -0.25) is 4.98 Å². The van der Waals surface area contributed by atoms with E-state index >= 15 is 0 Å². The first kappa shape index (κ1) is 21.6. The van der Waals surface area contributed by atoms with Gasteiger partial charge >= 0.3 is 0 Å². The summed E-state index contributed by atoms with van der Waals surface area (Å²) in [5.74, 6) is 7.02. The molecule has 1 aromatic heterocycles. The lowest BCUT2D eigenvalue weighted by molar-refractivity contribution is 0.110. The molecule has 5 heteroatoms. The second-order valence-electron chi connectivity index (χ2n) is 7.77. The summed E-state index contributed by atoms with van der Waals surface area (Å²) >= 11 is 6.19. The predicted octanol–water partition coefficient (Wildman–Crippen LogP) is 4.24. The molecule has 4 nitrogen and oxygen atoms in total. The van der Waals surface area contributed by atoms with Crippen molar-refractivity contribution in [2.24, 2.45) is 5.41 Å². The number of piperidine rings is 1. The van der Waals surface area contributed by atoms with Crippen LogP contribution in [0.15, 0.2) is 42.7 Å². The summed E-state index contributed by atoms with van der Waals surface area (Å²) in [5, 5.41) is 13.1. The molecule has 0 aliphatic carbocycles. The first-order valence-electron chi connectivity index (χ1n) is 10.3. The zero-order valence-corrected chi connectivity index (χ0v) is 17.5. The Labute approximate surface area is 178 Å². The summed E-state index contributed by atoms with van der Waals surface area (Å²) < 4.78 is 6.20. The summed E-state index contributed by atoms with van der Waals surface area (Å²) in [6.45, 7) is 2.83. The van der Waals surface area contributed by atoms with Gasteiger partial charge in [0, 0.05) is 41.8 Å². The minimum absolute atomic E-state index is 0.0366. The number of aliphatic hydroxyl groups is 1. The van der Waals surface area contributed by atoms with Gasteiger partial charge in [0.15, 0.2) is 0 Å². The molecule has 1 aliphatic heterocycles. The number of aromatic nitrogens is 1. The number of halogens is 1. The Kier molecular flexibility index (Phi) is 8.37. The highest BCUT2D eigenvalue weighted by Gasteiger charge is 2.33. The fraction of sp³-hybridized carbons (Fsp3) is 0.458. The van der Waals surface area contributed by atoms with Crippen molar-refractivity contribution in [3.05, 3.63) is 58.9 Å². The molecular formula is C24H29ClN2O2. The molecule has 2 N–H and O–H groups in total. The van der Waals surface area contributed by atoms with Gasteiger partial charge in [0.2, 0.25) is 0 Å². The third-order valence-corrected chi connectivity index (χ3v) is 5.46. The van der Waals surface area contributed by atoms with E-state index in [1.54, 1.807) is 12.4 Å². The van der Waals surface area contributed by atoms with Crippen molar-refractivity contribution < 1.29 is 9.84 Å². The lowest BCUT2D eigenvalue weighted by atomic mass is 9.76. The largest absolute Gasteiger partial charge is 0.491 e. The van der Waals surface area contributed by atoms with E-state index in [1.165, 1.54) is 5.56 Å². The molecule has 1 unspecified atom stereocenters. The molecule has 1 aliphatic rings. The third-order valence-electron chi connectivity index (χ3n) is 5.23. The lowest BCUT2D eigenvalue weighted by Gasteiger charge is -2.37. The van der Waals surface area contributed by atoms with Crippen LogP contribution >= 0.6 is 11.6 Å². The Morgan fingerprint density at radius 2 is 2.17 bits per heavy atom. The van der Waals surface area contributed by atoms with Gasteiger partial charge < -0.3 is 15.2 Å². The molecular weight excluding hydrogens is 384 g/mol. The Balaban J connectivity index is 1.64. The van der Waals surface area contributed by atoms with E-state index in [0.29, 0.717) is 6.61 Å². The van der Waals surface area contributed by atoms with Gasteiger partial charge in [-0.25, -0.2) is 0 Å². The standard InChI is InChI=1S/C24H29ClN2O2/c25-22-9-5-8-20(13-22)15-24(10-6-11-26-18-24)19-29-23-14-21(16-27-17-23)7-3-1-2-4-12-28/h5,8-9,13-14,16-17,26,28H,1-2,4,6,10-12,15,18-19H2. The maximum absolute atomic E-state index is 8.83. The van der Waals surface area contributed by atoms with E-state index in [4.69, 9.17) is 21.4 Å². The highest BCUT2D eigenvalue weighted by Crippen LogP contribution is 2.32. The van der Waals surface area contributed by atoms with E-state index in [9.17, 15) is 0 Å². The van der Waals surface area contributed by atoms with Gasteiger partial charge in [0.05, 0.1) is 12.8 Å². The average Bonchev–Trinajstić information content (AvgIpc) is 2.73. The fourth-order valence-corrected chi connectivity index (χ4v) is 3.94. The van der Waals surface area contributed by atoms with Gasteiger partial charge in [0.1, 0.15) is 5.75 Å². The van der Waals surface area contributed by atoms with E-state index in [0.717, 1.165) is 68.0 Å². The summed E-state index contributed by atoms with van der Waals surface area (Å²) in [4.78, 5) is 4.28. The van der Waals surface area contributed by atoms with Gasteiger partial charge in [-0.1, -0.05) is 35.6 Å². The fourth-order valence-electron chi connectivity index (χ4n) is 3.73. The summed E-state index contributed by atoms with van der Waals surface area (Å²) in [6, 6.07) is 10.1. The molecule has 1 saturated heterocycles. The topological polar surface area (TPSA) is 54.4 Å². The van der Waals surface area contributed by atoms with Gasteiger partial charge in [0.25, 0.3) is 0 Å². The molecule has 0 bridgehead atoms. The van der Waals surface area contributed by atoms with Crippen molar-refractivity contribution in [2.75, 3.05) is 26.3 Å². The Bertz CT molecular complexity index is 838. The van der Waals surface area contributed by atoms with Crippen LogP contribution in [0.25, 0.3) is 0 Å². The van der Waals surface area contributed by atoms with Crippen LogP contribution in [0.5, 0.6) is 5.75 Å². The average molecular weight is 413 g/mol. The second-order valence-corrected chi connectivity index (χ2v) is 8.20. The summed E-state index contributed by atoms with van der Waals surface area (Å²) in [7, 11) is 0. The molecule has 1 atom stereocenters. The first-order chi connectivity index (χ1) is 14.2. The third kappa shape index (κ3) is 7.04. The smallest absolute Gasteiger partial charge is 0.138 e. The predicted molar refractivity (Wildman–Crippen MR) is 117 cm³/mol. The number of hydrogen-bond acceptors (Lipinski definition) is 4. The number of hydrogen-bond donors (Lipinski definition) is 2. The second kappa shape index (κ2) is 11.2. The number of benzene rings is 1. The zero-order chi connectivity index (χ0) is 20.4. The Morgan fingerprint density at radius 3 is 2.97 bits per heavy atom. The zero-order valence-electron chi connectivity index (χ0n) is 16.8. The molecule has 1 aromatic carbocycles. The van der Waals surface area contributed by atoms with E-state index in [-0.39, 0.29) is 12.0 Å². The van der Waals surface area contributed by atoms with E-state index in [2.05, 4.69) is 28.2 Å². The highest BCUT2D eigenvalue weighted by molar-refractivity contribution is 6.30. The van der Waals surface area contributed by atoms with Crippen LogP contribution in [0.4, 0.5) is 0 Å². The number of aliphatic hydroxyl groups excluding tert-OH is 1. The molecule has 0 radical (unpaired) electrons. The molecule has 2 aromatic rings. The van der Waals surface area contributed by atoms with Crippen molar-refractivity contribution in [2.45, 2.75) is 38.5 Å².